The molecule has 0 radical (unpaired) electrons. The quantitative estimate of drug-likeness (QED) is 0.780. The molecule has 0 aromatic heterocycles. The molecule has 0 aliphatic carbocycles. The lowest BCUT2D eigenvalue weighted by Gasteiger charge is -2.09. The molecule has 1 rings (SSSR count). The molecule has 4 heteroatoms. The van der Waals surface area contributed by atoms with Crippen LogP contribution in [0.25, 0.3) is 0 Å². The highest BCUT2D eigenvalue weighted by atomic mass is 16.5. The fourth-order valence-electron chi connectivity index (χ4n) is 1.24. The number of ether oxygens (including phenoxy) is 1. The van der Waals surface area contributed by atoms with E-state index in [0.29, 0.717) is 11.4 Å². The third-order valence-electron chi connectivity index (χ3n) is 2.02. The predicted octanol–water partition coefficient (Wildman–Crippen LogP) is 2.22. The zero-order valence-corrected chi connectivity index (χ0v) is 8.91. The van der Waals surface area contributed by atoms with Gasteiger partial charge in [-0.3, -0.25) is 0 Å². The van der Waals surface area contributed by atoms with Crippen LogP contribution in [0, 0.1) is 0 Å². The SMILES string of the molecule is CCCNc1ccc(OC)cc1C(=O)O. The Kier molecular flexibility index (Phi) is 3.97. The fraction of sp³-hybridized carbons (Fsp3) is 0.364. The summed E-state index contributed by atoms with van der Waals surface area (Å²) in [5.41, 5.74) is 0.868. The van der Waals surface area contributed by atoms with Crippen LogP contribution in [0.1, 0.15) is 23.7 Å². The van der Waals surface area contributed by atoms with Crippen molar-refractivity contribution in [1.29, 1.82) is 0 Å². The number of methoxy groups -OCH3 is 1. The molecule has 0 atom stereocenters. The first-order valence-corrected chi connectivity index (χ1v) is 4.84. The number of hydrogen-bond donors (Lipinski definition) is 2. The smallest absolute Gasteiger partial charge is 0.337 e. The van der Waals surface area contributed by atoms with E-state index in [1.54, 1.807) is 12.1 Å². The monoisotopic (exact) mass is 209 g/mol. The summed E-state index contributed by atoms with van der Waals surface area (Å²) in [4.78, 5) is 11.0. The van der Waals surface area contributed by atoms with Crippen LogP contribution in [0.4, 0.5) is 5.69 Å². The van der Waals surface area contributed by atoms with Gasteiger partial charge >= 0.3 is 5.97 Å². The number of carboxylic acids is 1. The first-order chi connectivity index (χ1) is 7.19. The first-order valence-electron chi connectivity index (χ1n) is 4.84. The van der Waals surface area contributed by atoms with Gasteiger partial charge in [0.15, 0.2) is 0 Å². The van der Waals surface area contributed by atoms with Gasteiger partial charge in [-0.15, -0.1) is 0 Å². The Bertz CT molecular complexity index is 350. The van der Waals surface area contributed by atoms with Gasteiger partial charge in [0.1, 0.15) is 5.75 Å². The van der Waals surface area contributed by atoms with Crippen molar-refractivity contribution < 1.29 is 14.6 Å². The van der Waals surface area contributed by atoms with Crippen molar-refractivity contribution in [1.82, 2.24) is 0 Å². The molecule has 0 saturated carbocycles. The molecular formula is C11H15NO3. The summed E-state index contributed by atoms with van der Waals surface area (Å²) in [5.74, 6) is -0.401. The number of benzene rings is 1. The maximum absolute atomic E-state index is 11.0. The average molecular weight is 209 g/mol. The van der Waals surface area contributed by atoms with Gasteiger partial charge in [-0.1, -0.05) is 6.92 Å². The van der Waals surface area contributed by atoms with Gasteiger partial charge in [0.05, 0.1) is 12.7 Å². The van der Waals surface area contributed by atoms with E-state index in [-0.39, 0.29) is 5.56 Å². The maximum Gasteiger partial charge on any atom is 0.337 e. The number of anilines is 1. The predicted molar refractivity (Wildman–Crippen MR) is 58.7 cm³/mol. The van der Waals surface area contributed by atoms with E-state index in [1.165, 1.54) is 13.2 Å². The second kappa shape index (κ2) is 5.24. The van der Waals surface area contributed by atoms with Crippen molar-refractivity contribution in [2.24, 2.45) is 0 Å². The van der Waals surface area contributed by atoms with Crippen LogP contribution in [0.5, 0.6) is 5.75 Å². The topological polar surface area (TPSA) is 58.6 Å². The van der Waals surface area contributed by atoms with Crippen LogP contribution < -0.4 is 10.1 Å². The average Bonchev–Trinajstić information content (AvgIpc) is 2.26. The van der Waals surface area contributed by atoms with Crippen molar-refractivity contribution in [3.05, 3.63) is 23.8 Å². The summed E-state index contributed by atoms with van der Waals surface area (Å²) in [6, 6.07) is 4.97. The molecule has 0 saturated heterocycles. The number of carboxylic acid groups (broad SMARTS) is 1. The van der Waals surface area contributed by atoms with Crippen LogP contribution in [0.3, 0.4) is 0 Å². The van der Waals surface area contributed by atoms with Gasteiger partial charge in [-0.2, -0.15) is 0 Å². The molecule has 0 aliphatic heterocycles. The Morgan fingerprint density at radius 2 is 2.27 bits per heavy atom. The van der Waals surface area contributed by atoms with Crippen molar-refractivity contribution in [2.75, 3.05) is 19.0 Å². The van der Waals surface area contributed by atoms with E-state index in [4.69, 9.17) is 9.84 Å². The lowest BCUT2D eigenvalue weighted by atomic mass is 10.1. The van der Waals surface area contributed by atoms with Gasteiger partial charge in [0.2, 0.25) is 0 Å². The third kappa shape index (κ3) is 2.87. The molecule has 0 amide bonds. The summed E-state index contributed by atoms with van der Waals surface area (Å²) in [6.07, 6.45) is 0.949. The van der Waals surface area contributed by atoms with Crippen LogP contribution in [-0.2, 0) is 0 Å². The Morgan fingerprint density at radius 3 is 2.80 bits per heavy atom. The minimum Gasteiger partial charge on any atom is -0.497 e. The van der Waals surface area contributed by atoms with Crippen molar-refractivity contribution >= 4 is 11.7 Å². The molecule has 82 valence electrons. The molecular weight excluding hydrogens is 194 g/mol. The molecule has 1 aromatic rings. The Hall–Kier alpha value is -1.71. The van der Waals surface area contributed by atoms with Crippen molar-refractivity contribution in [2.45, 2.75) is 13.3 Å². The Labute approximate surface area is 88.9 Å². The zero-order chi connectivity index (χ0) is 11.3. The van der Waals surface area contributed by atoms with Crippen LogP contribution in [0.15, 0.2) is 18.2 Å². The lowest BCUT2D eigenvalue weighted by Crippen LogP contribution is -2.07. The molecule has 0 bridgehead atoms. The molecule has 0 fully saturated rings. The number of rotatable bonds is 5. The van der Waals surface area contributed by atoms with Gasteiger partial charge in [0, 0.05) is 12.2 Å². The summed E-state index contributed by atoms with van der Waals surface area (Å²) in [5, 5.41) is 12.0. The molecule has 1 aromatic carbocycles. The number of aromatic carboxylic acids is 1. The molecule has 15 heavy (non-hydrogen) atoms. The first kappa shape index (κ1) is 11.4. The second-order valence-electron chi connectivity index (χ2n) is 3.14. The number of carbonyl (C=O) groups is 1. The summed E-state index contributed by atoms with van der Waals surface area (Å²) < 4.78 is 4.97. The normalized spacial score (nSPS) is 9.73. The van der Waals surface area contributed by atoms with Crippen LogP contribution in [0.2, 0.25) is 0 Å². The molecule has 0 aliphatic rings. The van der Waals surface area contributed by atoms with E-state index in [1.807, 2.05) is 6.92 Å². The van der Waals surface area contributed by atoms with Crippen molar-refractivity contribution in [3.63, 3.8) is 0 Å². The van der Waals surface area contributed by atoms with Crippen LogP contribution in [-0.4, -0.2) is 24.7 Å². The molecule has 0 unspecified atom stereocenters. The second-order valence-corrected chi connectivity index (χ2v) is 3.14. The van der Waals surface area contributed by atoms with Gasteiger partial charge in [-0.05, 0) is 24.6 Å². The van der Waals surface area contributed by atoms with E-state index in [0.717, 1.165) is 13.0 Å². The highest BCUT2D eigenvalue weighted by Gasteiger charge is 2.10. The van der Waals surface area contributed by atoms with Gasteiger partial charge in [0.25, 0.3) is 0 Å². The highest BCUT2D eigenvalue weighted by Crippen LogP contribution is 2.21. The molecule has 2 N–H and O–H groups in total. The third-order valence-corrected chi connectivity index (χ3v) is 2.02. The van der Waals surface area contributed by atoms with E-state index < -0.39 is 5.97 Å². The minimum atomic E-state index is -0.951. The number of nitrogens with one attached hydrogen (secondary N) is 1. The maximum atomic E-state index is 11.0. The van der Waals surface area contributed by atoms with Crippen LogP contribution >= 0.6 is 0 Å². The summed E-state index contributed by atoms with van der Waals surface area (Å²) in [7, 11) is 1.51. The van der Waals surface area contributed by atoms with Gasteiger partial charge in [-0.25, -0.2) is 4.79 Å². The highest BCUT2D eigenvalue weighted by molar-refractivity contribution is 5.94. The van der Waals surface area contributed by atoms with E-state index in [2.05, 4.69) is 5.32 Å². The Morgan fingerprint density at radius 1 is 1.53 bits per heavy atom. The molecule has 0 spiro atoms. The largest absolute Gasteiger partial charge is 0.497 e. The fourth-order valence-corrected chi connectivity index (χ4v) is 1.24. The summed E-state index contributed by atoms with van der Waals surface area (Å²) >= 11 is 0. The van der Waals surface area contributed by atoms with E-state index in [9.17, 15) is 4.79 Å². The zero-order valence-electron chi connectivity index (χ0n) is 8.91. The van der Waals surface area contributed by atoms with E-state index >= 15 is 0 Å². The Balaban J connectivity index is 2.98. The summed E-state index contributed by atoms with van der Waals surface area (Å²) in [6.45, 7) is 2.78. The van der Waals surface area contributed by atoms with Gasteiger partial charge < -0.3 is 15.2 Å². The number of hydrogen-bond acceptors (Lipinski definition) is 3. The molecule has 4 nitrogen and oxygen atoms in total. The standard InChI is InChI=1S/C11H15NO3/c1-3-6-12-10-5-4-8(15-2)7-9(10)11(13)14/h4-5,7,12H,3,6H2,1-2H3,(H,13,14). The van der Waals surface area contributed by atoms with Crippen molar-refractivity contribution in [3.8, 4) is 5.75 Å². The minimum absolute atomic E-state index is 0.239. The molecule has 0 heterocycles. The lowest BCUT2D eigenvalue weighted by molar-refractivity contribution is 0.0697.